The third-order valence-electron chi connectivity index (χ3n) is 4.08. The molecule has 0 radical (unpaired) electrons. The van der Waals surface area contributed by atoms with Crippen LogP contribution in [0, 0.1) is 25.2 Å². The van der Waals surface area contributed by atoms with Crippen LogP contribution in [-0.4, -0.2) is 13.7 Å². The standard InChI is InChI=1S/C20H26N2O2S/c1-14-11-18(16(3)25-14)15(2)22-13-17-7-8-19(23-4)20(12-17)24-10-6-5-9-21/h7-8,11-12,15,22H,5-6,10,13H2,1-4H3. The highest BCUT2D eigenvalue weighted by Crippen LogP contribution is 2.29. The van der Waals surface area contributed by atoms with Crippen LogP contribution in [0.1, 0.15) is 46.7 Å². The summed E-state index contributed by atoms with van der Waals surface area (Å²) in [7, 11) is 1.64. The topological polar surface area (TPSA) is 54.3 Å². The minimum Gasteiger partial charge on any atom is -0.493 e. The van der Waals surface area contributed by atoms with Gasteiger partial charge < -0.3 is 14.8 Å². The molecule has 1 unspecified atom stereocenters. The van der Waals surface area contributed by atoms with Crippen molar-refractivity contribution in [1.82, 2.24) is 5.32 Å². The number of hydrogen-bond acceptors (Lipinski definition) is 5. The lowest BCUT2D eigenvalue weighted by atomic mass is 10.1. The molecule has 2 aromatic rings. The van der Waals surface area contributed by atoms with Gasteiger partial charge in [0.15, 0.2) is 11.5 Å². The predicted molar refractivity (Wildman–Crippen MR) is 102 cm³/mol. The van der Waals surface area contributed by atoms with Crippen molar-refractivity contribution >= 4 is 11.3 Å². The number of nitrogens with zero attached hydrogens (tertiary/aromatic N) is 1. The maximum Gasteiger partial charge on any atom is 0.161 e. The van der Waals surface area contributed by atoms with Crippen LogP contribution >= 0.6 is 11.3 Å². The summed E-state index contributed by atoms with van der Waals surface area (Å²) in [5, 5.41) is 12.2. The van der Waals surface area contributed by atoms with Crippen LogP contribution in [-0.2, 0) is 6.54 Å². The van der Waals surface area contributed by atoms with Gasteiger partial charge in [0.05, 0.1) is 19.8 Å². The molecule has 25 heavy (non-hydrogen) atoms. The van der Waals surface area contributed by atoms with E-state index in [9.17, 15) is 0 Å². The van der Waals surface area contributed by atoms with Gasteiger partial charge >= 0.3 is 0 Å². The van der Waals surface area contributed by atoms with Crippen LogP contribution in [0.15, 0.2) is 24.3 Å². The Morgan fingerprint density at radius 2 is 2.04 bits per heavy atom. The minimum atomic E-state index is 0.298. The molecule has 0 saturated carbocycles. The summed E-state index contributed by atoms with van der Waals surface area (Å²) >= 11 is 1.84. The van der Waals surface area contributed by atoms with Crippen LogP contribution in [0.4, 0.5) is 0 Å². The molecule has 134 valence electrons. The number of nitriles is 1. The maximum atomic E-state index is 8.61. The first-order valence-electron chi connectivity index (χ1n) is 8.52. The van der Waals surface area contributed by atoms with Crippen LogP contribution < -0.4 is 14.8 Å². The van der Waals surface area contributed by atoms with E-state index < -0.39 is 0 Å². The lowest BCUT2D eigenvalue weighted by molar-refractivity contribution is 0.290. The fourth-order valence-electron chi connectivity index (χ4n) is 2.74. The lowest BCUT2D eigenvalue weighted by Crippen LogP contribution is -2.18. The largest absolute Gasteiger partial charge is 0.493 e. The zero-order valence-corrected chi connectivity index (χ0v) is 16.2. The van der Waals surface area contributed by atoms with Crippen molar-refractivity contribution in [2.45, 2.75) is 46.2 Å². The molecule has 0 aliphatic heterocycles. The Balaban J connectivity index is 1.99. The number of ether oxygens (including phenoxy) is 2. The van der Waals surface area contributed by atoms with Crippen molar-refractivity contribution in [3.05, 3.63) is 45.1 Å². The number of nitrogens with one attached hydrogen (secondary N) is 1. The van der Waals surface area contributed by atoms with Gasteiger partial charge in [0.25, 0.3) is 0 Å². The van der Waals surface area contributed by atoms with E-state index >= 15 is 0 Å². The summed E-state index contributed by atoms with van der Waals surface area (Å²) in [6.45, 7) is 7.79. The van der Waals surface area contributed by atoms with Crippen molar-refractivity contribution in [3.8, 4) is 17.6 Å². The van der Waals surface area contributed by atoms with Gasteiger partial charge in [0, 0.05) is 28.8 Å². The first-order chi connectivity index (χ1) is 12.0. The monoisotopic (exact) mass is 358 g/mol. The van der Waals surface area contributed by atoms with E-state index in [1.54, 1.807) is 7.11 Å². The first-order valence-corrected chi connectivity index (χ1v) is 9.33. The molecule has 1 aromatic heterocycles. The molecule has 0 fully saturated rings. The number of benzene rings is 1. The molecule has 1 heterocycles. The summed E-state index contributed by atoms with van der Waals surface area (Å²) in [5.74, 6) is 1.45. The van der Waals surface area contributed by atoms with Crippen molar-refractivity contribution in [1.29, 1.82) is 5.26 Å². The molecule has 1 N–H and O–H groups in total. The van der Waals surface area contributed by atoms with Crippen LogP contribution in [0.5, 0.6) is 11.5 Å². The molecule has 0 aliphatic rings. The number of hydrogen-bond donors (Lipinski definition) is 1. The summed E-state index contributed by atoms with van der Waals surface area (Å²) in [4.78, 5) is 2.72. The van der Waals surface area contributed by atoms with Gasteiger partial charge in [-0.05, 0) is 56.5 Å². The van der Waals surface area contributed by atoms with Gasteiger partial charge in [-0.1, -0.05) is 6.07 Å². The highest BCUT2D eigenvalue weighted by atomic mass is 32.1. The SMILES string of the molecule is COc1ccc(CNC(C)c2cc(C)sc2C)cc1OCCCC#N. The third kappa shape index (κ3) is 5.48. The number of methoxy groups -OCH3 is 1. The van der Waals surface area contributed by atoms with Gasteiger partial charge in [-0.15, -0.1) is 11.3 Å². The van der Waals surface area contributed by atoms with E-state index in [0.29, 0.717) is 19.1 Å². The average Bonchev–Trinajstić information content (AvgIpc) is 2.95. The molecule has 5 heteroatoms. The van der Waals surface area contributed by atoms with Crippen molar-refractivity contribution in [2.24, 2.45) is 0 Å². The number of rotatable bonds is 9. The number of unbranched alkanes of at least 4 members (excludes halogenated alkanes) is 1. The average molecular weight is 359 g/mol. The van der Waals surface area contributed by atoms with E-state index in [1.807, 2.05) is 29.5 Å². The Kier molecular flexibility index (Phi) is 7.30. The van der Waals surface area contributed by atoms with Crippen LogP contribution in [0.2, 0.25) is 0 Å². The molecule has 0 spiro atoms. The zero-order valence-electron chi connectivity index (χ0n) is 15.4. The second-order valence-electron chi connectivity index (χ2n) is 6.07. The predicted octanol–water partition coefficient (Wildman–Crippen LogP) is 4.91. The van der Waals surface area contributed by atoms with Crippen molar-refractivity contribution < 1.29 is 9.47 Å². The van der Waals surface area contributed by atoms with E-state index in [0.717, 1.165) is 30.0 Å². The number of thiophene rings is 1. The molecule has 1 aromatic carbocycles. The summed E-state index contributed by atoms with van der Waals surface area (Å²) in [6, 6.07) is 10.7. The van der Waals surface area contributed by atoms with E-state index in [-0.39, 0.29) is 0 Å². The molecule has 0 amide bonds. The lowest BCUT2D eigenvalue weighted by Gasteiger charge is -2.16. The van der Waals surface area contributed by atoms with Crippen LogP contribution in [0.3, 0.4) is 0 Å². The molecule has 0 bridgehead atoms. The Morgan fingerprint density at radius 1 is 1.24 bits per heavy atom. The van der Waals surface area contributed by atoms with Gasteiger partial charge in [0.1, 0.15) is 0 Å². The second kappa shape index (κ2) is 9.45. The molecule has 0 aliphatic carbocycles. The summed E-state index contributed by atoms with van der Waals surface area (Å²) in [6.07, 6.45) is 1.22. The highest BCUT2D eigenvalue weighted by Gasteiger charge is 2.12. The minimum absolute atomic E-state index is 0.298. The Labute approximate surface area is 154 Å². The smallest absolute Gasteiger partial charge is 0.161 e. The Bertz CT molecular complexity index is 734. The molecule has 4 nitrogen and oxygen atoms in total. The third-order valence-corrected chi connectivity index (χ3v) is 5.06. The molecular weight excluding hydrogens is 332 g/mol. The zero-order chi connectivity index (χ0) is 18.2. The highest BCUT2D eigenvalue weighted by molar-refractivity contribution is 7.12. The molecular formula is C20H26N2O2S. The fourth-order valence-corrected chi connectivity index (χ4v) is 3.76. The van der Waals surface area contributed by atoms with Gasteiger partial charge in [0.2, 0.25) is 0 Å². The second-order valence-corrected chi connectivity index (χ2v) is 7.53. The Morgan fingerprint density at radius 3 is 2.68 bits per heavy atom. The summed E-state index contributed by atoms with van der Waals surface area (Å²) < 4.78 is 11.1. The van der Waals surface area contributed by atoms with E-state index in [2.05, 4.69) is 38.2 Å². The Hall–Kier alpha value is -2.03. The fraction of sp³-hybridized carbons (Fsp3) is 0.450. The quantitative estimate of drug-likeness (QED) is 0.647. The van der Waals surface area contributed by atoms with Crippen molar-refractivity contribution in [2.75, 3.05) is 13.7 Å². The normalized spacial score (nSPS) is 11.8. The van der Waals surface area contributed by atoms with Crippen molar-refractivity contribution in [3.63, 3.8) is 0 Å². The van der Waals surface area contributed by atoms with Crippen LogP contribution in [0.25, 0.3) is 0 Å². The molecule has 1 atom stereocenters. The molecule has 0 saturated heterocycles. The van der Waals surface area contributed by atoms with Gasteiger partial charge in [-0.2, -0.15) is 5.26 Å². The maximum absolute atomic E-state index is 8.61. The van der Waals surface area contributed by atoms with Gasteiger partial charge in [-0.25, -0.2) is 0 Å². The summed E-state index contributed by atoms with van der Waals surface area (Å²) in [5.41, 5.74) is 2.51. The van der Waals surface area contributed by atoms with E-state index in [4.69, 9.17) is 14.7 Å². The first kappa shape index (κ1) is 19.3. The number of aryl methyl sites for hydroxylation is 2. The van der Waals surface area contributed by atoms with Gasteiger partial charge in [-0.3, -0.25) is 0 Å². The van der Waals surface area contributed by atoms with E-state index in [1.165, 1.54) is 15.3 Å². The molecule has 2 rings (SSSR count).